The lowest BCUT2D eigenvalue weighted by atomic mass is 9.99. The Balaban J connectivity index is 0.00000341. The van der Waals surface area contributed by atoms with Crippen molar-refractivity contribution >= 4 is 41.9 Å². The van der Waals surface area contributed by atoms with Gasteiger partial charge < -0.3 is 20.9 Å². The van der Waals surface area contributed by atoms with Crippen molar-refractivity contribution in [2.24, 2.45) is 10.9 Å². The lowest BCUT2D eigenvalue weighted by Crippen LogP contribution is -2.45. The molecule has 8 nitrogen and oxygen atoms in total. The second-order valence-electron chi connectivity index (χ2n) is 9.23. The van der Waals surface area contributed by atoms with E-state index >= 15 is 0 Å². The van der Waals surface area contributed by atoms with Crippen molar-refractivity contribution in [3.63, 3.8) is 0 Å². The van der Waals surface area contributed by atoms with Crippen LogP contribution in [0.3, 0.4) is 0 Å². The molecule has 0 aromatic rings. The molecule has 3 fully saturated rings. The summed E-state index contributed by atoms with van der Waals surface area (Å²) in [6.07, 6.45) is 8.00. The highest BCUT2D eigenvalue weighted by Gasteiger charge is 2.45. The molecule has 0 bridgehead atoms. The summed E-state index contributed by atoms with van der Waals surface area (Å²) < 4.78 is 0. The third-order valence-electron chi connectivity index (χ3n) is 6.81. The van der Waals surface area contributed by atoms with Crippen LogP contribution in [0.25, 0.3) is 0 Å². The summed E-state index contributed by atoms with van der Waals surface area (Å²) in [5, 5.41) is 9.70. The Morgan fingerprint density at radius 2 is 1.97 bits per heavy atom. The molecule has 31 heavy (non-hydrogen) atoms. The molecule has 0 radical (unpaired) electrons. The predicted molar refractivity (Wildman–Crippen MR) is 135 cm³/mol. The summed E-state index contributed by atoms with van der Waals surface area (Å²) in [6.45, 7) is 11.1. The van der Waals surface area contributed by atoms with Crippen molar-refractivity contribution in [1.29, 1.82) is 0 Å². The van der Waals surface area contributed by atoms with E-state index in [0.717, 1.165) is 37.9 Å². The summed E-state index contributed by atoms with van der Waals surface area (Å²) in [4.78, 5) is 33.2. The quantitative estimate of drug-likeness (QED) is 0.136. The Morgan fingerprint density at radius 1 is 1.23 bits per heavy atom. The Kier molecular flexibility index (Phi) is 10.3. The van der Waals surface area contributed by atoms with Crippen LogP contribution in [0, 0.1) is 5.92 Å². The van der Waals surface area contributed by atoms with E-state index in [4.69, 9.17) is 0 Å². The number of hydrogen-bond donors (Lipinski definition) is 3. The van der Waals surface area contributed by atoms with Crippen molar-refractivity contribution in [3.8, 4) is 0 Å². The molecule has 9 heteroatoms. The van der Waals surface area contributed by atoms with Gasteiger partial charge in [-0.25, -0.2) is 4.79 Å². The maximum atomic E-state index is 12.5. The smallest absolute Gasteiger partial charge is 0.325 e. The molecule has 0 spiro atoms. The van der Waals surface area contributed by atoms with Crippen molar-refractivity contribution < 1.29 is 9.59 Å². The number of amides is 3. The Bertz CT molecular complexity index is 639. The van der Waals surface area contributed by atoms with Crippen LogP contribution in [0.1, 0.15) is 65.7 Å². The van der Waals surface area contributed by atoms with Crippen LogP contribution in [-0.4, -0.2) is 78.5 Å². The first-order chi connectivity index (χ1) is 14.4. The molecular weight excluding hydrogens is 507 g/mol. The number of aliphatic imine (C=N–C) groups is 1. The molecule has 1 aliphatic carbocycles. The van der Waals surface area contributed by atoms with E-state index in [1.807, 2.05) is 6.92 Å². The highest BCUT2D eigenvalue weighted by atomic mass is 127. The number of urea groups is 1. The SMILES string of the molecule is CCNC(=NCCCN1C(=O)NC(C)(CC)C1=O)NC1CCN(CC2CCCC2)C1.I. The predicted octanol–water partition coefficient (Wildman–Crippen LogP) is 2.53. The van der Waals surface area contributed by atoms with Crippen molar-refractivity contribution in [1.82, 2.24) is 25.8 Å². The minimum absolute atomic E-state index is 0. The normalized spacial score (nSPS) is 27.5. The molecule has 1 saturated carbocycles. The van der Waals surface area contributed by atoms with Crippen molar-refractivity contribution in [2.75, 3.05) is 39.3 Å². The molecule has 3 amide bonds. The van der Waals surface area contributed by atoms with Gasteiger partial charge in [0.15, 0.2) is 5.96 Å². The number of nitrogens with zero attached hydrogens (tertiary/aromatic N) is 3. The fraction of sp³-hybridized carbons (Fsp3) is 0.864. The molecule has 3 aliphatic rings. The average Bonchev–Trinajstić information content (AvgIpc) is 3.43. The summed E-state index contributed by atoms with van der Waals surface area (Å²) in [5.74, 6) is 1.60. The van der Waals surface area contributed by atoms with Crippen LogP contribution in [0.15, 0.2) is 4.99 Å². The van der Waals surface area contributed by atoms with Gasteiger partial charge in [0, 0.05) is 45.3 Å². The van der Waals surface area contributed by atoms with Crippen LogP contribution in [0.5, 0.6) is 0 Å². The Labute approximate surface area is 204 Å². The number of carbonyl (C=O) groups excluding carboxylic acids is 2. The van der Waals surface area contributed by atoms with E-state index in [1.54, 1.807) is 6.92 Å². The first kappa shape index (κ1) is 26.2. The molecule has 2 atom stereocenters. The molecule has 3 rings (SSSR count). The zero-order chi connectivity index (χ0) is 21.6. The second-order valence-corrected chi connectivity index (χ2v) is 9.23. The first-order valence-corrected chi connectivity index (χ1v) is 11.9. The van der Waals surface area contributed by atoms with Crippen LogP contribution >= 0.6 is 24.0 Å². The van der Waals surface area contributed by atoms with Gasteiger partial charge in [-0.05, 0) is 51.9 Å². The van der Waals surface area contributed by atoms with Crippen LogP contribution in [-0.2, 0) is 4.79 Å². The third kappa shape index (κ3) is 6.94. The minimum atomic E-state index is -0.760. The molecule has 0 aromatic carbocycles. The topological polar surface area (TPSA) is 89.1 Å². The lowest BCUT2D eigenvalue weighted by molar-refractivity contribution is -0.130. The largest absolute Gasteiger partial charge is 0.357 e. The molecule has 2 saturated heterocycles. The Morgan fingerprint density at radius 3 is 2.61 bits per heavy atom. The first-order valence-electron chi connectivity index (χ1n) is 11.9. The van der Waals surface area contributed by atoms with Gasteiger partial charge in [0.1, 0.15) is 5.54 Å². The van der Waals surface area contributed by atoms with Gasteiger partial charge >= 0.3 is 6.03 Å². The van der Waals surface area contributed by atoms with Gasteiger partial charge in [-0.2, -0.15) is 0 Å². The Hall–Kier alpha value is -1.10. The fourth-order valence-electron chi connectivity index (χ4n) is 4.80. The zero-order valence-electron chi connectivity index (χ0n) is 19.4. The molecular formula is C22H41IN6O2. The number of rotatable bonds is 9. The van der Waals surface area contributed by atoms with Gasteiger partial charge in [-0.3, -0.25) is 14.7 Å². The molecule has 0 aromatic heterocycles. The fourth-order valence-corrected chi connectivity index (χ4v) is 4.80. The summed E-state index contributed by atoms with van der Waals surface area (Å²) in [5.41, 5.74) is -0.760. The highest BCUT2D eigenvalue weighted by Crippen LogP contribution is 2.26. The lowest BCUT2D eigenvalue weighted by Gasteiger charge is -2.21. The van der Waals surface area contributed by atoms with Gasteiger partial charge in [0.2, 0.25) is 0 Å². The maximum Gasteiger partial charge on any atom is 0.325 e. The van der Waals surface area contributed by atoms with Crippen LogP contribution in [0.2, 0.25) is 0 Å². The minimum Gasteiger partial charge on any atom is -0.357 e. The van der Waals surface area contributed by atoms with E-state index in [2.05, 4.69) is 32.8 Å². The summed E-state index contributed by atoms with van der Waals surface area (Å²) in [6, 6.07) is 0.145. The summed E-state index contributed by atoms with van der Waals surface area (Å²) >= 11 is 0. The number of guanidine groups is 1. The third-order valence-corrected chi connectivity index (χ3v) is 6.81. The van der Waals surface area contributed by atoms with Crippen molar-refractivity contribution in [3.05, 3.63) is 0 Å². The monoisotopic (exact) mass is 548 g/mol. The van der Waals surface area contributed by atoms with Gasteiger partial charge in [-0.1, -0.05) is 19.8 Å². The van der Waals surface area contributed by atoms with E-state index in [9.17, 15) is 9.59 Å². The molecule has 3 N–H and O–H groups in total. The number of halogens is 1. The van der Waals surface area contributed by atoms with Gasteiger partial charge in [-0.15, -0.1) is 24.0 Å². The van der Waals surface area contributed by atoms with E-state index in [0.29, 0.717) is 32.0 Å². The maximum absolute atomic E-state index is 12.5. The molecule has 2 unspecified atom stereocenters. The number of carbonyl (C=O) groups is 2. The number of imide groups is 1. The van der Waals surface area contributed by atoms with Gasteiger partial charge in [0.25, 0.3) is 5.91 Å². The zero-order valence-corrected chi connectivity index (χ0v) is 21.7. The van der Waals surface area contributed by atoms with E-state index in [1.165, 1.54) is 37.1 Å². The van der Waals surface area contributed by atoms with Crippen LogP contribution in [0.4, 0.5) is 4.79 Å². The summed E-state index contributed by atoms with van der Waals surface area (Å²) in [7, 11) is 0. The molecule has 178 valence electrons. The average molecular weight is 549 g/mol. The van der Waals surface area contributed by atoms with Crippen LogP contribution < -0.4 is 16.0 Å². The highest BCUT2D eigenvalue weighted by molar-refractivity contribution is 14.0. The molecule has 2 aliphatic heterocycles. The molecule has 2 heterocycles. The van der Waals surface area contributed by atoms with Gasteiger partial charge in [0.05, 0.1) is 0 Å². The number of nitrogens with one attached hydrogen (secondary N) is 3. The standard InChI is InChI=1S/C22H40N6O2.HI/c1-4-22(3)19(29)28(21(30)26-22)13-8-12-24-20(23-5-2)25-18-11-14-27(16-18)15-17-9-6-7-10-17;/h17-18H,4-16H2,1-3H3,(H,26,30)(H2,23,24,25);1H. The van der Waals surface area contributed by atoms with E-state index < -0.39 is 5.54 Å². The van der Waals surface area contributed by atoms with E-state index in [-0.39, 0.29) is 35.9 Å². The second kappa shape index (κ2) is 12.2. The number of likely N-dealkylation sites (tertiary alicyclic amines) is 1. The number of hydrogen-bond acceptors (Lipinski definition) is 4. The van der Waals surface area contributed by atoms with Crippen molar-refractivity contribution in [2.45, 2.75) is 77.3 Å².